The number of halogens is 2. The molecule has 0 fully saturated rings. The third-order valence-corrected chi connectivity index (χ3v) is 5.44. The summed E-state index contributed by atoms with van der Waals surface area (Å²) in [7, 11) is 0. The Balaban J connectivity index is 2.20. The highest BCUT2D eigenvalue weighted by atomic mass is 79.9. The first kappa shape index (κ1) is 12.1. The first-order valence-corrected chi connectivity index (χ1v) is 8.60. The largest absolute Gasteiger partial charge is 0.324 e. The van der Waals surface area contributed by atoms with E-state index in [0.29, 0.717) is 0 Å². The van der Waals surface area contributed by atoms with Crippen LogP contribution in [0.5, 0.6) is 0 Å². The van der Waals surface area contributed by atoms with Crippen molar-refractivity contribution in [3.63, 3.8) is 0 Å². The Bertz CT molecular complexity index is 814. The second kappa shape index (κ2) is 4.40. The molecule has 4 rings (SSSR count). The Morgan fingerprint density at radius 3 is 2.68 bits per heavy atom. The molecule has 0 radical (unpaired) electrons. The summed E-state index contributed by atoms with van der Waals surface area (Å²) < 4.78 is 3.67. The van der Waals surface area contributed by atoms with E-state index in [0.717, 1.165) is 0 Å². The Hall–Kier alpha value is -0.710. The minimum absolute atomic E-state index is 0.186. The normalized spacial score (nSPS) is 13.4. The number of fused-ring (bicyclic) bond motifs is 2. The van der Waals surface area contributed by atoms with E-state index in [-0.39, 0.29) is 3.74 Å². The molecule has 0 bridgehead atoms. The second-order valence-corrected chi connectivity index (χ2v) is 8.44. The molecule has 1 heterocycles. The van der Waals surface area contributed by atoms with Crippen molar-refractivity contribution < 1.29 is 0 Å². The van der Waals surface area contributed by atoms with Gasteiger partial charge in [-0.05, 0) is 34.4 Å². The molecule has 0 aromatic heterocycles. The number of anilines is 1. The van der Waals surface area contributed by atoms with E-state index in [1.807, 2.05) is 0 Å². The fraction of sp³-hybridized carbons (Fsp3) is 0.0667. The molecule has 3 aromatic rings. The highest BCUT2D eigenvalue weighted by molar-refractivity contribution is 9.24. The maximum absolute atomic E-state index is 3.61. The maximum atomic E-state index is 3.61. The van der Waals surface area contributed by atoms with Gasteiger partial charge in [-0.3, -0.25) is 0 Å². The lowest BCUT2D eigenvalue weighted by molar-refractivity contribution is 1.33. The summed E-state index contributed by atoms with van der Waals surface area (Å²) in [5, 5.41) is 5.21. The highest BCUT2D eigenvalue weighted by Gasteiger charge is 2.22. The quantitative estimate of drug-likeness (QED) is 0.299. The van der Waals surface area contributed by atoms with Gasteiger partial charge < -0.3 is 4.72 Å². The van der Waals surface area contributed by atoms with E-state index in [4.69, 9.17) is 0 Å². The average molecular weight is 395 g/mol. The molecule has 1 N–H and O–H groups in total. The lowest BCUT2D eigenvalue weighted by atomic mass is 10.00. The molecule has 0 spiro atoms. The first-order chi connectivity index (χ1) is 9.25. The van der Waals surface area contributed by atoms with Crippen LogP contribution in [0.2, 0.25) is 0 Å². The molecular formula is C15H9Br2NS. The number of hydrogen-bond acceptors (Lipinski definition) is 2. The molecule has 1 nitrogen and oxygen atoms in total. The monoisotopic (exact) mass is 393 g/mol. The van der Waals surface area contributed by atoms with Gasteiger partial charge in [-0.15, -0.1) is 0 Å². The van der Waals surface area contributed by atoms with Gasteiger partial charge in [0.2, 0.25) is 0 Å². The first-order valence-electron chi connectivity index (χ1n) is 5.95. The van der Waals surface area contributed by atoms with E-state index in [9.17, 15) is 0 Å². The van der Waals surface area contributed by atoms with Gasteiger partial charge in [-0.2, -0.15) is 0 Å². The van der Waals surface area contributed by atoms with Crippen LogP contribution in [0.1, 0.15) is 9.30 Å². The number of nitrogens with one attached hydrogen (secondary N) is 1. The van der Waals surface area contributed by atoms with Crippen LogP contribution in [-0.2, 0) is 0 Å². The van der Waals surface area contributed by atoms with Crippen LogP contribution >= 0.6 is 43.8 Å². The summed E-state index contributed by atoms with van der Waals surface area (Å²) in [6.07, 6.45) is 0. The molecule has 1 aliphatic rings. The number of benzene rings is 3. The SMILES string of the molecule is BrC(Br)c1ccc2cc3ccccc3c3c2c1SN3. The molecule has 0 atom stereocenters. The topological polar surface area (TPSA) is 12.0 Å². The molecule has 0 saturated heterocycles. The average Bonchev–Trinajstić information content (AvgIpc) is 2.85. The van der Waals surface area contributed by atoms with Crippen molar-refractivity contribution in [3.8, 4) is 0 Å². The standard InChI is InChI=1S/C15H9Br2NS/c16-15(17)11-6-5-9-7-8-3-1-2-4-10(8)13-12(9)14(11)19-18-13/h1-7,15,18H. The highest BCUT2D eigenvalue weighted by Crippen LogP contribution is 2.49. The van der Waals surface area contributed by atoms with Crippen LogP contribution in [0.25, 0.3) is 21.5 Å². The summed E-state index contributed by atoms with van der Waals surface area (Å²) in [6, 6.07) is 15.2. The van der Waals surface area contributed by atoms with E-state index >= 15 is 0 Å². The molecule has 1 aliphatic heterocycles. The molecule has 94 valence electrons. The van der Waals surface area contributed by atoms with Crippen molar-refractivity contribution >= 4 is 71.0 Å². The van der Waals surface area contributed by atoms with Crippen LogP contribution in [0.3, 0.4) is 0 Å². The van der Waals surface area contributed by atoms with Gasteiger partial charge in [0.1, 0.15) is 0 Å². The van der Waals surface area contributed by atoms with Gasteiger partial charge in [0.25, 0.3) is 0 Å². The summed E-state index contributed by atoms with van der Waals surface area (Å²) in [4.78, 5) is 1.32. The summed E-state index contributed by atoms with van der Waals surface area (Å²) >= 11 is 8.92. The van der Waals surface area contributed by atoms with Gasteiger partial charge in [0.15, 0.2) is 0 Å². The second-order valence-electron chi connectivity index (χ2n) is 4.56. The summed E-state index contributed by atoms with van der Waals surface area (Å²) in [5.41, 5.74) is 2.52. The van der Waals surface area contributed by atoms with Crippen molar-refractivity contribution in [2.24, 2.45) is 0 Å². The fourth-order valence-electron chi connectivity index (χ4n) is 2.63. The Morgan fingerprint density at radius 1 is 1.00 bits per heavy atom. The van der Waals surface area contributed by atoms with Crippen LogP contribution in [-0.4, -0.2) is 0 Å². The molecule has 4 heteroatoms. The number of hydrogen-bond donors (Lipinski definition) is 1. The zero-order valence-corrected chi connectivity index (χ0v) is 13.8. The molecular weight excluding hydrogens is 386 g/mol. The lowest BCUT2D eigenvalue weighted by Crippen LogP contribution is -1.85. The minimum atomic E-state index is 0.186. The lowest BCUT2D eigenvalue weighted by Gasteiger charge is -2.09. The maximum Gasteiger partial charge on any atom is 0.0958 e. The molecule has 0 amide bonds. The third-order valence-electron chi connectivity index (χ3n) is 3.50. The van der Waals surface area contributed by atoms with E-state index in [1.165, 1.54) is 37.7 Å². The Morgan fingerprint density at radius 2 is 1.84 bits per heavy atom. The Kier molecular flexibility index (Phi) is 2.79. The van der Waals surface area contributed by atoms with E-state index in [2.05, 4.69) is 79.0 Å². The van der Waals surface area contributed by atoms with Gasteiger partial charge >= 0.3 is 0 Å². The zero-order valence-electron chi connectivity index (χ0n) is 9.78. The van der Waals surface area contributed by atoms with Crippen LogP contribution < -0.4 is 4.72 Å². The van der Waals surface area contributed by atoms with Crippen LogP contribution in [0.15, 0.2) is 47.4 Å². The van der Waals surface area contributed by atoms with Crippen molar-refractivity contribution in [2.75, 3.05) is 4.72 Å². The molecule has 0 aliphatic carbocycles. The predicted molar refractivity (Wildman–Crippen MR) is 91.5 cm³/mol. The third kappa shape index (κ3) is 1.73. The molecule has 0 unspecified atom stereocenters. The number of alkyl halides is 2. The predicted octanol–water partition coefficient (Wildman–Crippen LogP) is 6.21. The summed E-state index contributed by atoms with van der Waals surface area (Å²) in [5.74, 6) is 0. The van der Waals surface area contributed by atoms with E-state index in [1.54, 1.807) is 11.9 Å². The van der Waals surface area contributed by atoms with Crippen LogP contribution in [0.4, 0.5) is 5.69 Å². The van der Waals surface area contributed by atoms with Crippen molar-refractivity contribution in [2.45, 2.75) is 8.63 Å². The van der Waals surface area contributed by atoms with Gasteiger partial charge in [0, 0.05) is 15.7 Å². The van der Waals surface area contributed by atoms with Gasteiger partial charge in [-0.1, -0.05) is 68.3 Å². The smallest absolute Gasteiger partial charge is 0.0958 e. The Labute approximate surface area is 132 Å². The molecule has 3 aromatic carbocycles. The fourth-order valence-corrected chi connectivity index (χ4v) is 4.74. The zero-order chi connectivity index (χ0) is 13.0. The minimum Gasteiger partial charge on any atom is -0.324 e. The van der Waals surface area contributed by atoms with Gasteiger partial charge in [0.05, 0.1) is 9.42 Å². The van der Waals surface area contributed by atoms with E-state index < -0.39 is 0 Å². The van der Waals surface area contributed by atoms with Crippen molar-refractivity contribution in [1.82, 2.24) is 0 Å². The summed E-state index contributed by atoms with van der Waals surface area (Å²) in [6.45, 7) is 0. The molecule has 19 heavy (non-hydrogen) atoms. The van der Waals surface area contributed by atoms with Crippen molar-refractivity contribution in [3.05, 3.63) is 48.0 Å². The van der Waals surface area contributed by atoms with Crippen molar-refractivity contribution in [1.29, 1.82) is 0 Å². The van der Waals surface area contributed by atoms with Crippen LogP contribution in [0, 0.1) is 0 Å². The number of rotatable bonds is 1. The van der Waals surface area contributed by atoms with Gasteiger partial charge in [-0.25, -0.2) is 0 Å². The molecule has 0 saturated carbocycles.